The molecule has 1 saturated heterocycles. The zero-order valence-electron chi connectivity index (χ0n) is 17.5. The molecule has 29 heavy (non-hydrogen) atoms. The maximum absolute atomic E-state index is 11.5. The summed E-state index contributed by atoms with van der Waals surface area (Å²) in [6.07, 6.45) is 9.68. The highest BCUT2D eigenvalue weighted by Gasteiger charge is 2.49. The minimum Gasteiger partial charge on any atom is -0.494 e. The summed E-state index contributed by atoms with van der Waals surface area (Å²) in [4.78, 5) is 2.54. The molecular formula is C26H33NO2. The van der Waals surface area contributed by atoms with Gasteiger partial charge >= 0.3 is 0 Å². The van der Waals surface area contributed by atoms with E-state index in [1.807, 2.05) is 19.1 Å². The van der Waals surface area contributed by atoms with Gasteiger partial charge in [-0.2, -0.15) is 0 Å². The summed E-state index contributed by atoms with van der Waals surface area (Å²) in [6.45, 7) is 4.49. The number of hydrogen-bond acceptors (Lipinski definition) is 3. The van der Waals surface area contributed by atoms with Gasteiger partial charge < -0.3 is 9.84 Å². The second kappa shape index (κ2) is 9.15. The molecule has 1 N–H and O–H groups in total. The van der Waals surface area contributed by atoms with Crippen molar-refractivity contribution in [3.63, 3.8) is 0 Å². The third-order valence-electron chi connectivity index (χ3n) is 6.66. The standard InChI is InChI=1S/C26H33NO2/c1-2-29-24-16-7-6-14-22(24)25-23-15-8-9-17-26(23,28)18-20-27(25)19-10-13-21-11-4-3-5-12-21/h3-7,10-14,16,23,25,28H,2,8-9,15,17-20H2,1H3/b13-10+/t23-,25+,26-/m1/s1. The molecule has 1 heterocycles. The summed E-state index contributed by atoms with van der Waals surface area (Å²) in [5, 5.41) is 11.5. The van der Waals surface area contributed by atoms with E-state index in [4.69, 9.17) is 4.74 Å². The Labute approximate surface area is 175 Å². The summed E-state index contributed by atoms with van der Waals surface area (Å²) in [5.74, 6) is 1.23. The molecule has 3 atom stereocenters. The number of para-hydroxylation sites is 1. The SMILES string of the molecule is CCOc1ccccc1[C@H]1[C@H]2CCCC[C@@]2(O)CCN1C/C=C/c1ccccc1. The molecule has 2 aliphatic rings. The minimum atomic E-state index is -0.540. The Kier molecular flexibility index (Phi) is 6.37. The van der Waals surface area contributed by atoms with E-state index in [0.29, 0.717) is 6.61 Å². The number of benzene rings is 2. The van der Waals surface area contributed by atoms with Crippen molar-refractivity contribution in [3.8, 4) is 5.75 Å². The highest BCUT2D eigenvalue weighted by Crippen LogP contribution is 2.50. The third-order valence-corrected chi connectivity index (χ3v) is 6.66. The molecule has 2 fully saturated rings. The van der Waals surface area contributed by atoms with E-state index in [0.717, 1.165) is 44.5 Å². The van der Waals surface area contributed by atoms with Crippen molar-refractivity contribution in [3.05, 3.63) is 71.8 Å². The van der Waals surface area contributed by atoms with E-state index in [1.165, 1.54) is 17.5 Å². The summed E-state index contributed by atoms with van der Waals surface area (Å²) in [6, 6.07) is 19.1. The van der Waals surface area contributed by atoms with Gasteiger partial charge in [-0.1, -0.05) is 73.5 Å². The quantitative estimate of drug-likeness (QED) is 0.709. The van der Waals surface area contributed by atoms with Gasteiger partial charge in [-0.3, -0.25) is 4.90 Å². The Morgan fingerprint density at radius 1 is 1.07 bits per heavy atom. The fourth-order valence-electron chi connectivity index (χ4n) is 5.26. The van der Waals surface area contributed by atoms with Crippen LogP contribution in [0.15, 0.2) is 60.7 Å². The first-order valence-electron chi connectivity index (χ1n) is 11.1. The predicted molar refractivity (Wildman–Crippen MR) is 119 cm³/mol. The smallest absolute Gasteiger partial charge is 0.124 e. The number of aliphatic hydroxyl groups is 1. The summed E-state index contributed by atoms with van der Waals surface area (Å²) < 4.78 is 6.00. The molecule has 3 heteroatoms. The molecule has 1 saturated carbocycles. The second-order valence-corrected chi connectivity index (χ2v) is 8.43. The van der Waals surface area contributed by atoms with Gasteiger partial charge in [-0.05, 0) is 37.8 Å². The number of likely N-dealkylation sites (tertiary alicyclic amines) is 1. The Morgan fingerprint density at radius 3 is 2.69 bits per heavy atom. The van der Waals surface area contributed by atoms with Crippen molar-refractivity contribution in [2.24, 2.45) is 5.92 Å². The van der Waals surface area contributed by atoms with E-state index in [9.17, 15) is 5.11 Å². The van der Waals surface area contributed by atoms with Crippen molar-refractivity contribution in [1.82, 2.24) is 4.90 Å². The van der Waals surface area contributed by atoms with E-state index in [-0.39, 0.29) is 12.0 Å². The zero-order chi connectivity index (χ0) is 20.1. The number of fused-ring (bicyclic) bond motifs is 1. The van der Waals surface area contributed by atoms with Crippen LogP contribution in [0.4, 0.5) is 0 Å². The maximum atomic E-state index is 11.5. The van der Waals surface area contributed by atoms with E-state index in [2.05, 4.69) is 59.5 Å². The molecule has 3 nitrogen and oxygen atoms in total. The molecule has 1 aliphatic heterocycles. The Balaban J connectivity index is 1.63. The fourth-order valence-corrected chi connectivity index (χ4v) is 5.26. The van der Waals surface area contributed by atoms with Crippen LogP contribution in [0.3, 0.4) is 0 Å². The van der Waals surface area contributed by atoms with Gasteiger partial charge in [-0.25, -0.2) is 0 Å². The van der Waals surface area contributed by atoms with E-state index in [1.54, 1.807) is 0 Å². The minimum absolute atomic E-state index is 0.192. The van der Waals surface area contributed by atoms with Gasteiger partial charge in [0.1, 0.15) is 5.75 Å². The van der Waals surface area contributed by atoms with Crippen molar-refractivity contribution in [2.45, 2.75) is 50.7 Å². The van der Waals surface area contributed by atoms with Crippen LogP contribution in [0.25, 0.3) is 6.08 Å². The van der Waals surface area contributed by atoms with Crippen LogP contribution in [0.5, 0.6) is 5.75 Å². The van der Waals surface area contributed by atoms with Gasteiger partial charge in [0.15, 0.2) is 0 Å². The Hall–Kier alpha value is -2.10. The van der Waals surface area contributed by atoms with Gasteiger partial charge in [-0.15, -0.1) is 0 Å². The lowest BCUT2D eigenvalue weighted by Crippen LogP contribution is -2.54. The first-order chi connectivity index (χ1) is 14.2. The monoisotopic (exact) mass is 391 g/mol. The lowest BCUT2D eigenvalue weighted by atomic mass is 9.66. The Bertz CT molecular complexity index is 818. The summed E-state index contributed by atoms with van der Waals surface area (Å²) in [5.41, 5.74) is 1.92. The number of rotatable bonds is 6. The third kappa shape index (κ3) is 4.41. The fraction of sp³-hybridized carbons (Fsp3) is 0.462. The molecule has 154 valence electrons. The topological polar surface area (TPSA) is 32.7 Å². The summed E-state index contributed by atoms with van der Waals surface area (Å²) >= 11 is 0. The van der Waals surface area contributed by atoms with Crippen molar-refractivity contribution >= 4 is 6.08 Å². The zero-order valence-corrected chi connectivity index (χ0v) is 17.5. The van der Waals surface area contributed by atoms with Crippen molar-refractivity contribution in [1.29, 1.82) is 0 Å². The van der Waals surface area contributed by atoms with Gasteiger partial charge in [0.2, 0.25) is 0 Å². The molecule has 2 aromatic rings. The highest BCUT2D eigenvalue weighted by atomic mass is 16.5. The van der Waals surface area contributed by atoms with Crippen LogP contribution < -0.4 is 4.74 Å². The summed E-state index contributed by atoms with van der Waals surface area (Å²) in [7, 11) is 0. The first-order valence-corrected chi connectivity index (χ1v) is 11.1. The molecular weight excluding hydrogens is 358 g/mol. The molecule has 0 bridgehead atoms. The molecule has 2 aromatic carbocycles. The van der Waals surface area contributed by atoms with Crippen LogP contribution in [0.1, 0.15) is 56.2 Å². The van der Waals surface area contributed by atoms with E-state index < -0.39 is 5.60 Å². The Morgan fingerprint density at radius 2 is 1.86 bits per heavy atom. The normalized spacial score (nSPS) is 27.7. The second-order valence-electron chi connectivity index (χ2n) is 8.43. The average molecular weight is 392 g/mol. The predicted octanol–water partition coefficient (Wildman–Crippen LogP) is 5.47. The van der Waals surface area contributed by atoms with Crippen LogP contribution >= 0.6 is 0 Å². The average Bonchev–Trinajstić information content (AvgIpc) is 2.75. The number of piperidine rings is 1. The van der Waals surface area contributed by atoms with Gasteiger partial charge in [0, 0.05) is 30.6 Å². The molecule has 1 aliphatic carbocycles. The van der Waals surface area contributed by atoms with Crippen LogP contribution in [-0.4, -0.2) is 35.3 Å². The maximum Gasteiger partial charge on any atom is 0.124 e. The van der Waals surface area contributed by atoms with Gasteiger partial charge in [0.25, 0.3) is 0 Å². The lowest BCUT2D eigenvalue weighted by molar-refractivity contribution is -0.122. The van der Waals surface area contributed by atoms with Crippen LogP contribution in [0.2, 0.25) is 0 Å². The molecule has 4 rings (SSSR count). The number of nitrogens with zero attached hydrogens (tertiary/aromatic N) is 1. The molecule has 0 radical (unpaired) electrons. The van der Waals surface area contributed by atoms with Gasteiger partial charge in [0.05, 0.1) is 12.2 Å². The highest BCUT2D eigenvalue weighted by molar-refractivity contribution is 5.49. The molecule has 0 unspecified atom stereocenters. The molecule has 0 amide bonds. The van der Waals surface area contributed by atoms with E-state index >= 15 is 0 Å². The van der Waals surface area contributed by atoms with Crippen LogP contribution in [-0.2, 0) is 0 Å². The first kappa shape index (κ1) is 20.2. The largest absolute Gasteiger partial charge is 0.494 e. The van der Waals surface area contributed by atoms with Crippen molar-refractivity contribution < 1.29 is 9.84 Å². The van der Waals surface area contributed by atoms with Crippen LogP contribution in [0, 0.1) is 5.92 Å². The number of ether oxygens (including phenoxy) is 1. The number of hydrogen-bond donors (Lipinski definition) is 1. The molecule has 0 spiro atoms. The molecule has 0 aromatic heterocycles. The van der Waals surface area contributed by atoms with Crippen molar-refractivity contribution in [2.75, 3.05) is 19.7 Å². The lowest BCUT2D eigenvalue weighted by Gasteiger charge is -2.52.